The summed E-state index contributed by atoms with van der Waals surface area (Å²) in [6, 6.07) is 41.1. The van der Waals surface area contributed by atoms with Gasteiger partial charge in [-0.3, -0.25) is 14.4 Å². The number of rotatable bonds is 13. The Labute approximate surface area is 295 Å². The highest BCUT2D eigenvalue weighted by atomic mass is 16.6. The maximum atomic E-state index is 14.7. The van der Waals surface area contributed by atoms with Crippen LogP contribution in [0.4, 0.5) is 11.4 Å². The van der Waals surface area contributed by atoms with Crippen molar-refractivity contribution in [3.63, 3.8) is 0 Å². The zero-order chi connectivity index (χ0) is 34.7. The SMILES string of the molecule is CC(C)c1ccc(OCc2ccccc2)c(C(=O)N(Cc2ccc(C(=O)NOCc3ccccc3)cc2)c2ccc(N3CCCCC3)cc2)c1. The van der Waals surface area contributed by atoms with Crippen LogP contribution in [0.15, 0.2) is 127 Å². The van der Waals surface area contributed by atoms with Gasteiger partial charge in [-0.25, -0.2) is 5.48 Å². The number of nitrogens with one attached hydrogen (secondary N) is 1. The van der Waals surface area contributed by atoms with E-state index in [2.05, 4.69) is 36.4 Å². The molecule has 1 N–H and O–H groups in total. The van der Waals surface area contributed by atoms with Gasteiger partial charge in [0, 0.05) is 30.0 Å². The largest absolute Gasteiger partial charge is 0.488 e. The summed E-state index contributed by atoms with van der Waals surface area (Å²) in [6.07, 6.45) is 3.65. The second kappa shape index (κ2) is 16.8. The average molecular weight is 668 g/mol. The smallest absolute Gasteiger partial charge is 0.274 e. The summed E-state index contributed by atoms with van der Waals surface area (Å²) >= 11 is 0. The zero-order valence-corrected chi connectivity index (χ0v) is 28.9. The number of hydrogen-bond donors (Lipinski definition) is 1. The first-order valence-corrected chi connectivity index (χ1v) is 17.5. The number of hydrogen-bond acceptors (Lipinski definition) is 5. The van der Waals surface area contributed by atoms with E-state index in [1.54, 1.807) is 17.0 Å². The molecule has 1 aliphatic rings. The van der Waals surface area contributed by atoms with E-state index in [9.17, 15) is 9.59 Å². The Morgan fingerprint density at radius 3 is 2.00 bits per heavy atom. The lowest BCUT2D eigenvalue weighted by Gasteiger charge is -2.30. The monoisotopic (exact) mass is 667 g/mol. The molecule has 0 radical (unpaired) electrons. The minimum absolute atomic E-state index is 0.155. The van der Waals surface area contributed by atoms with Crippen LogP contribution in [0.2, 0.25) is 0 Å². The van der Waals surface area contributed by atoms with Crippen molar-refractivity contribution in [3.05, 3.63) is 161 Å². The summed E-state index contributed by atoms with van der Waals surface area (Å²) in [7, 11) is 0. The zero-order valence-electron chi connectivity index (χ0n) is 28.9. The number of hydroxylamine groups is 1. The number of anilines is 2. The number of nitrogens with zero attached hydrogens (tertiary/aromatic N) is 2. The fraction of sp³-hybridized carbons (Fsp3) is 0.256. The first kappa shape index (κ1) is 34.5. The molecule has 7 nitrogen and oxygen atoms in total. The molecule has 0 atom stereocenters. The van der Waals surface area contributed by atoms with E-state index in [0.29, 0.717) is 30.0 Å². The fourth-order valence-corrected chi connectivity index (χ4v) is 6.12. The van der Waals surface area contributed by atoms with Crippen LogP contribution in [-0.2, 0) is 24.6 Å². The number of amides is 2. The van der Waals surface area contributed by atoms with Crippen molar-refractivity contribution < 1.29 is 19.2 Å². The van der Waals surface area contributed by atoms with E-state index in [-0.39, 0.29) is 24.3 Å². The van der Waals surface area contributed by atoms with Crippen LogP contribution < -0.4 is 20.0 Å². The third-order valence-corrected chi connectivity index (χ3v) is 9.07. The van der Waals surface area contributed by atoms with Crippen molar-refractivity contribution in [3.8, 4) is 5.75 Å². The van der Waals surface area contributed by atoms with Gasteiger partial charge in [0.2, 0.25) is 0 Å². The molecule has 0 bridgehead atoms. The van der Waals surface area contributed by atoms with E-state index in [4.69, 9.17) is 9.57 Å². The van der Waals surface area contributed by atoms with Crippen molar-refractivity contribution in [2.75, 3.05) is 22.9 Å². The molecule has 0 saturated carbocycles. The molecule has 256 valence electrons. The molecule has 1 heterocycles. The van der Waals surface area contributed by atoms with E-state index in [1.165, 1.54) is 24.9 Å². The molecule has 1 fully saturated rings. The summed E-state index contributed by atoms with van der Waals surface area (Å²) in [5.41, 5.74) is 9.39. The van der Waals surface area contributed by atoms with Crippen LogP contribution in [0, 0.1) is 0 Å². The predicted molar refractivity (Wildman–Crippen MR) is 199 cm³/mol. The molecule has 0 aliphatic carbocycles. The fourth-order valence-electron chi connectivity index (χ4n) is 6.12. The highest BCUT2D eigenvalue weighted by Crippen LogP contribution is 2.31. The Kier molecular flexibility index (Phi) is 11.6. The molecule has 7 heteroatoms. The molecule has 0 spiro atoms. The van der Waals surface area contributed by atoms with Gasteiger partial charge in [-0.05, 0) is 96.0 Å². The van der Waals surface area contributed by atoms with Crippen molar-refractivity contribution >= 4 is 23.2 Å². The first-order valence-electron chi connectivity index (χ1n) is 17.5. The molecule has 0 aromatic heterocycles. The highest BCUT2D eigenvalue weighted by Gasteiger charge is 2.24. The second-order valence-electron chi connectivity index (χ2n) is 13.0. The summed E-state index contributed by atoms with van der Waals surface area (Å²) in [5.74, 6) is 0.287. The number of piperidine rings is 1. The van der Waals surface area contributed by atoms with E-state index < -0.39 is 0 Å². The summed E-state index contributed by atoms with van der Waals surface area (Å²) in [5, 5.41) is 0. The lowest BCUT2D eigenvalue weighted by atomic mass is 9.99. The summed E-state index contributed by atoms with van der Waals surface area (Å²) < 4.78 is 6.31. The van der Waals surface area contributed by atoms with Crippen LogP contribution in [-0.4, -0.2) is 24.9 Å². The van der Waals surface area contributed by atoms with Gasteiger partial charge in [0.15, 0.2) is 0 Å². The third kappa shape index (κ3) is 8.98. The van der Waals surface area contributed by atoms with Crippen molar-refractivity contribution in [2.24, 2.45) is 0 Å². The van der Waals surface area contributed by atoms with E-state index in [1.807, 2.05) is 103 Å². The van der Waals surface area contributed by atoms with Gasteiger partial charge in [0.25, 0.3) is 11.8 Å². The third-order valence-electron chi connectivity index (χ3n) is 9.07. The van der Waals surface area contributed by atoms with Gasteiger partial charge in [-0.15, -0.1) is 0 Å². The van der Waals surface area contributed by atoms with Crippen LogP contribution in [0.25, 0.3) is 0 Å². The van der Waals surface area contributed by atoms with Crippen molar-refractivity contribution in [1.82, 2.24) is 5.48 Å². The topological polar surface area (TPSA) is 71.1 Å². The van der Waals surface area contributed by atoms with Crippen LogP contribution in [0.3, 0.4) is 0 Å². The van der Waals surface area contributed by atoms with Gasteiger partial charge in [0.05, 0.1) is 18.7 Å². The van der Waals surface area contributed by atoms with Crippen LogP contribution in [0.5, 0.6) is 5.75 Å². The van der Waals surface area contributed by atoms with Gasteiger partial charge >= 0.3 is 0 Å². The Morgan fingerprint density at radius 2 is 1.36 bits per heavy atom. The minimum Gasteiger partial charge on any atom is -0.488 e. The standard InChI is InChI=1S/C43H45N3O4/c1-32(2)37-20-25-41(49-30-34-12-6-3-7-13-34)40(28-37)43(48)46(39-23-21-38(22-24-39)45-26-10-5-11-27-45)29-33-16-18-36(19-17-33)42(47)44-50-31-35-14-8-4-9-15-35/h3-4,6-9,12-25,28,32H,5,10-11,26-27,29-31H2,1-2H3,(H,44,47). The molecule has 50 heavy (non-hydrogen) atoms. The lowest BCUT2D eigenvalue weighted by Crippen LogP contribution is -2.31. The van der Waals surface area contributed by atoms with E-state index >= 15 is 0 Å². The number of ether oxygens (including phenoxy) is 1. The normalized spacial score (nSPS) is 12.8. The van der Waals surface area contributed by atoms with Crippen LogP contribution >= 0.6 is 0 Å². The molecular formula is C43H45N3O4. The van der Waals surface area contributed by atoms with Crippen molar-refractivity contribution in [2.45, 2.75) is 58.8 Å². The summed E-state index contributed by atoms with van der Waals surface area (Å²) in [4.78, 5) is 37.2. The predicted octanol–water partition coefficient (Wildman–Crippen LogP) is 9.09. The maximum Gasteiger partial charge on any atom is 0.274 e. The average Bonchev–Trinajstić information content (AvgIpc) is 3.17. The number of benzene rings is 5. The molecule has 2 amide bonds. The summed E-state index contributed by atoms with van der Waals surface area (Å²) in [6.45, 7) is 7.26. The van der Waals surface area contributed by atoms with Gasteiger partial charge in [0.1, 0.15) is 12.4 Å². The molecule has 1 aliphatic heterocycles. The van der Waals surface area contributed by atoms with E-state index in [0.717, 1.165) is 41.0 Å². The number of carbonyl (C=O) groups is 2. The Bertz CT molecular complexity index is 1840. The van der Waals surface area contributed by atoms with Crippen molar-refractivity contribution in [1.29, 1.82) is 0 Å². The molecular weight excluding hydrogens is 622 g/mol. The molecule has 1 saturated heterocycles. The lowest BCUT2D eigenvalue weighted by molar-refractivity contribution is 0.0233. The highest BCUT2D eigenvalue weighted by molar-refractivity contribution is 6.08. The van der Waals surface area contributed by atoms with Gasteiger partial charge in [-0.1, -0.05) is 92.7 Å². The Hall–Kier alpha value is -5.40. The molecule has 6 rings (SSSR count). The molecule has 0 unspecified atom stereocenters. The quantitative estimate of drug-likeness (QED) is 0.127. The van der Waals surface area contributed by atoms with Gasteiger partial charge < -0.3 is 14.5 Å². The molecule has 5 aromatic rings. The maximum absolute atomic E-state index is 14.7. The number of carbonyl (C=O) groups excluding carboxylic acids is 2. The minimum atomic E-state index is -0.334. The van der Waals surface area contributed by atoms with Crippen LogP contribution in [0.1, 0.15) is 82.0 Å². The Morgan fingerprint density at radius 1 is 0.720 bits per heavy atom. The molecule has 5 aromatic carbocycles. The second-order valence-corrected chi connectivity index (χ2v) is 13.0. The van der Waals surface area contributed by atoms with Gasteiger partial charge in [-0.2, -0.15) is 0 Å². The Balaban J connectivity index is 1.25. The first-order chi connectivity index (χ1) is 24.4.